The summed E-state index contributed by atoms with van der Waals surface area (Å²) in [6, 6.07) is 4.43. The molecule has 2 nitrogen and oxygen atoms in total. The maximum Gasteiger partial charge on any atom is 0.149 e. The summed E-state index contributed by atoms with van der Waals surface area (Å²) in [5, 5.41) is 6.46. The number of para-hydroxylation sites is 1. The third-order valence-corrected chi connectivity index (χ3v) is 3.65. The first-order chi connectivity index (χ1) is 9.16. The summed E-state index contributed by atoms with van der Waals surface area (Å²) in [4.78, 5) is 0. The Labute approximate surface area is 113 Å². The Morgan fingerprint density at radius 3 is 2.74 bits per heavy atom. The number of benzene rings is 1. The lowest BCUT2D eigenvalue weighted by molar-refractivity contribution is 0.453. The molecule has 2 atom stereocenters. The van der Waals surface area contributed by atoms with E-state index in [9.17, 15) is 8.78 Å². The highest BCUT2D eigenvalue weighted by atomic mass is 19.1. The van der Waals surface area contributed by atoms with Gasteiger partial charge in [-0.1, -0.05) is 18.9 Å². The Hall–Kier alpha value is -1.16. The van der Waals surface area contributed by atoms with E-state index in [4.69, 9.17) is 0 Å². The molecule has 0 saturated carbocycles. The molecule has 106 valence electrons. The molecule has 0 bridgehead atoms. The van der Waals surface area contributed by atoms with Crippen molar-refractivity contribution in [1.82, 2.24) is 5.32 Å². The SMILES string of the molecule is CC(CC1CCCCCN1)Nc1c(F)cccc1F. The van der Waals surface area contributed by atoms with Crippen LogP contribution in [0.15, 0.2) is 18.2 Å². The van der Waals surface area contributed by atoms with Gasteiger partial charge in [-0.3, -0.25) is 0 Å². The molecule has 1 saturated heterocycles. The first-order valence-corrected chi connectivity index (χ1v) is 7.10. The molecule has 1 aromatic carbocycles. The van der Waals surface area contributed by atoms with Gasteiger partial charge < -0.3 is 10.6 Å². The second kappa shape index (κ2) is 6.85. The number of nitrogens with one attached hydrogen (secondary N) is 2. The van der Waals surface area contributed by atoms with Crippen molar-refractivity contribution in [3.63, 3.8) is 0 Å². The molecular weight excluding hydrogens is 246 g/mol. The fourth-order valence-electron chi connectivity index (χ4n) is 2.67. The molecule has 2 N–H and O–H groups in total. The molecule has 0 aromatic heterocycles. The zero-order valence-electron chi connectivity index (χ0n) is 11.4. The largest absolute Gasteiger partial charge is 0.378 e. The van der Waals surface area contributed by atoms with Gasteiger partial charge in [0.05, 0.1) is 0 Å². The standard InChI is InChI=1S/C15H22F2N2/c1-11(10-12-6-3-2-4-9-18-12)19-15-13(16)7-5-8-14(15)17/h5,7-8,11-12,18-19H,2-4,6,9-10H2,1H3. The van der Waals surface area contributed by atoms with E-state index >= 15 is 0 Å². The molecule has 4 heteroatoms. The van der Waals surface area contributed by atoms with Gasteiger partial charge in [-0.25, -0.2) is 8.78 Å². The van der Waals surface area contributed by atoms with Gasteiger partial charge in [0.1, 0.15) is 17.3 Å². The smallest absolute Gasteiger partial charge is 0.149 e. The lowest BCUT2D eigenvalue weighted by Gasteiger charge is -2.22. The van der Waals surface area contributed by atoms with Crippen LogP contribution >= 0.6 is 0 Å². The van der Waals surface area contributed by atoms with Crippen LogP contribution < -0.4 is 10.6 Å². The summed E-state index contributed by atoms with van der Waals surface area (Å²) in [7, 11) is 0. The molecule has 19 heavy (non-hydrogen) atoms. The number of hydrogen-bond donors (Lipinski definition) is 2. The minimum Gasteiger partial charge on any atom is -0.378 e. The Kier molecular flexibility index (Phi) is 5.14. The predicted octanol–water partition coefficient (Wildman–Crippen LogP) is 3.69. The minimum atomic E-state index is -0.527. The van der Waals surface area contributed by atoms with Crippen LogP contribution in [0, 0.1) is 11.6 Å². The van der Waals surface area contributed by atoms with Crippen LogP contribution in [0.5, 0.6) is 0 Å². The van der Waals surface area contributed by atoms with Crippen LogP contribution in [0.2, 0.25) is 0 Å². The average molecular weight is 268 g/mol. The van der Waals surface area contributed by atoms with Gasteiger partial charge >= 0.3 is 0 Å². The number of anilines is 1. The molecule has 1 aromatic rings. The lowest BCUT2D eigenvalue weighted by atomic mass is 10.0. The number of halogens is 2. The van der Waals surface area contributed by atoms with E-state index in [-0.39, 0.29) is 11.7 Å². The highest BCUT2D eigenvalue weighted by Gasteiger charge is 2.17. The molecule has 0 amide bonds. The second-order valence-electron chi connectivity index (χ2n) is 5.38. The van der Waals surface area contributed by atoms with Gasteiger partial charge in [-0.05, 0) is 44.9 Å². The van der Waals surface area contributed by atoms with Crippen LogP contribution in [0.25, 0.3) is 0 Å². The zero-order valence-corrected chi connectivity index (χ0v) is 11.4. The van der Waals surface area contributed by atoms with Crippen molar-refractivity contribution in [1.29, 1.82) is 0 Å². The predicted molar refractivity (Wildman–Crippen MR) is 74.3 cm³/mol. The molecular formula is C15H22F2N2. The van der Waals surface area contributed by atoms with E-state index < -0.39 is 11.6 Å². The van der Waals surface area contributed by atoms with Crippen molar-refractivity contribution in [3.05, 3.63) is 29.8 Å². The van der Waals surface area contributed by atoms with E-state index in [1.807, 2.05) is 6.92 Å². The zero-order chi connectivity index (χ0) is 13.7. The molecule has 2 rings (SSSR count). The lowest BCUT2D eigenvalue weighted by Crippen LogP contribution is -2.33. The highest BCUT2D eigenvalue weighted by molar-refractivity contribution is 5.46. The normalized spacial score (nSPS) is 21.7. The van der Waals surface area contributed by atoms with Crippen molar-refractivity contribution in [3.8, 4) is 0 Å². The number of hydrogen-bond acceptors (Lipinski definition) is 2. The monoisotopic (exact) mass is 268 g/mol. The maximum absolute atomic E-state index is 13.5. The van der Waals surface area contributed by atoms with Crippen molar-refractivity contribution >= 4 is 5.69 Å². The first kappa shape index (κ1) is 14.3. The Morgan fingerprint density at radius 2 is 2.00 bits per heavy atom. The fourth-order valence-corrected chi connectivity index (χ4v) is 2.67. The van der Waals surface area contributed by atoms with Gasteiger partial charge in [0, 0.05) is 12.1 Å². The average Bonchev–Trinajstić information content (AvgIpc) is 2.63. The molecule has 1 aliphatic heterocycles. The van der Waals surface area contributed by atoms with E-state index in [0.29, 0.717) is 6.04 Å². The fraction of sp³-hybridized carbons (Fsp3) is 0.600. The third kappa shape index (κ3) is 4.16. The van der Waals surface area contributed by atoms with Gasteiger partial charge in [0.25, 0.3) is 0 Å². The molecule has 1 heterocycles. The van der Waals surface area contributed by atoms with Gasteiger partial charge in [-0.2, -0.15) is 0 Å². The van der Waals surface area contributed by atoms with Crippen molar-refractivity contribution in [2.24, 2.45) is 0 Å². The van der Waals surface area contributed by atoms with Crippen molar-refractivity contribution < 1.29 is 8.78 Å². The van der Waals surface area contributed by atoms with Crippen molar-refractivity contribution in [2.75, 3.05) is 11.9 Å². The minimum absolute atomic E-state index is 0.0105. The van der Waals surface area contributed by atoms with Crippen LogP contribution in [-0.4, -0.2) is 18.6 Å². The molecule has 1 fully saturated rings. The van der Waals surface area contributed by atoms with Gasteiger partial charge in [-0.15, -0.1) is 0 Å². The number of rotatable bonds is 4. The Bertz CT molecular complexity index is 381. The molecule has 1 aliphatic rings. The summed E-state index contributed by atoms with van der Waals surface area (Å²) in [5.74, 6) is -1.05. The van der Waals surface area contributed by atoms with Crippen LogP contribution in [0.1, 0.15) is 39.0 Å². The van der Waals surface area contributed by atoms with Gasteiger partial charge in [0.15, 0.2) is 0 Å². The Morgan fingerprint density at radius 1 is 1.26 bits per heavy atom. The summed E-state index contributed by atoms with van der Waals surface area (Å²) in [6.45, 7) is 3.02. The molecule has 2 unspecified atom stereocenters. The first-order valence-electron chi connectivity index (χ1n) is 7.10. The van der Waals surface area contributed by atoms with Crippen LogP contribution in [-0.2, 0) is 0 Å². The topological polar surface area (TPSA) is 24.1 Å². The summed E-state index contributed by atoms with van der Waals surface area (Å²) in [5.41, 5.74) is -0.0105. The van der Waals surface area contributed by atoms with Crippen LogP contribution in [0.4, 0.5) is 14.5 Å². The van der Waals surface area contributed by atoms with Gasteiger partial charge in [0.2, 0.25) is 0 Å². The highest BCUT2D eigenvalue weighted by Crippen LogP contribution is 2.21. The molecule has 0 radical (unpaired) electrons. The maximum atomic E-state index is 13.5. The summed E-state index contributed by atoms with van der Waals surface area (Å²) >= 11 is 0. The van der Waals surface area contributed by atoms with E-state index in [2.05, 4.69) is 10.6 Å². The second-order valence-corrected chi connectivity index (χ2v) is 5.38. The summed E-state index contributed by atoms with van der Waals surface area (Å²) < 4.78 is 27.1. The third-order valence-electron chi connectivity index (χ3n) is 3.65. The Balaban J connectivity index is 1.91. The van der Waals surface area contributed by atoms with E-state index in [1.165, 1.54) is 37.5 Å². The van der Waals surface area contributed by atoms with Crippen molar-refractivity contribution in [2.45, 2.75) is 51.1 Å². The molecule has 0 spiro atoms. The van der Waals surface area contributed by atoms with Crippen LogP contribution in [0.3, 0.4) is 0 Å². The quantitative estimate of drug-likeness (QED) is 0.870. The summed E-state index contributed by atoms with van der Waals surface area (Å²) in [6.07, 6.45) is 5.76. The molecule has 0 aliphatic carbocycles. The van der Waals surface area contributed by atoms with E-state index in [1.54, 1.807) is 0 Å². The van der Waals surface area contributed by atoms with E-state index in [0.717, 1.165) is 19.4 Å².